The van der Waals surface area contributed by atoms with Crippen LogP contribution in [0.1, 0.15) is 47.9 Å². The van der Waals surface area contributed by atoms with Gasteiger partial charge in [0.15, 0.2) is 12.4 Å². The van der Waals surface area contributed by atoms with E-state index in [4.69, 9.17) is 10.5 Å². The summed E-state index contributed by atoms with van der Waals surface area (Å²) in [6.07, 6.45) is -0.524. The third kappa shape index (κ3) is 11.3. The van der Waals surface area contributed by atoms with E-state index in [2.05, 4.69) is 25.7 Å². The summed E-state index contributed by atoms with van der Waals surface area (Å²) in [4.78, 5) is 78.7. The molecule has 2 rings (SSSR count). The van der Waals surface area contributed by atoms with Crippen LogP contribution in [-0.2, 0) is 28.7 Å². The number of ether oxygens (including phenoxy) is 2. The van der Waals surface area contributed by atoms with Crippen LogP contribution < -0.4 is 21.7 Å². The molecule has 13 nitrogen and oxygen atoms in total. The molecule has 14 heteroatoms. The van der Waals surface area contributed by atoms with Crippen LogP contribution in [0.25, 0.3) is 0 Å². The molecule has 2 aromatic carbocycles. The van der Waals surface area contributed by atoms with Crippen LogP contribution in [0.5, 0.6) is 0 Å². The molecule has 3 atom stereocenters. The first-order chi connectivity index (χ1) is 20.8. The highest BCUT2D eigenvalue weighted by atomic mass is 19.1. The number of rotatable bonds is 15. The summed E-state index contributed by atoms with van der Waals surface area (Å²) in [7, 11) is 1.11. The molecule has 0 aliphatic heterocycles. The van der Waals surface area contributed by atoms with E-state index >= 15 is 0 Å². The van der Waals surface area contributed by atoms with Gasteiger partial charge in [0, 0.05) is 5.56 Å². The van der Waals surface area contributed by atoms with Gasteiger partial charge in [-0.1, -0.05) is 32.0 Å². The number of methoxy groups -OCH3 is 1. The van der Waals surface area contributed by atoms with Gasteiger partial charge in [0.1, 0.15) is 23.7 Å². The highest BCUT2D eigenvalue weighted by Crippen LogP contribution is 2.07. The van der Waals surface area contributed by atoms with Crippen molar-refractivity contribution in [2.24, 2.45) is 16.6 Å². The second-order valence-corrected chi connectivity index (χ2v) is 9.96. The molecule has 0 saturated heterocycles. The first-order valence-corrected chi connectivity index (χ1v) is 13.6. The maximum Gasteiger partial charge on any atom is 0.338 e. The lowest BCUT2D eigenvalue weighted by molar-refractivity contribution is -0.143. The molecule has 3 unspecified atom stereocenters. The third-order valence-corrected chi connectivity index (χ3v) is 6.20. The maximum atomic E-state index is 13.1. The Kier molecular flexibility index (Phi) is 13.6. The van der Waals surface area contributed by atoms with Crippen molar-refractivity contribution in [2.45, 2.75) is 45.3 Å². The van der Waals surface area contributed by atoms with Crippen LogP contribution >= 0.6 is 0 Å². The number of carbonyl (C=O) groups excluding carboxylic acids is 6. The SMILES string of the molecule is COC(=O)CC(NC(=O)C(C)N=C(N)C(NC(=O)CNC(=O)c1ccc(F)cc1)C(C)C)C(=O)COC(=O)c1ccccc1. The zero-order valence-corrected chi connectivity index (χ0v) is 24.8. The molecule has 0 aliphatic rings. The molecule has 0 aliphatic carbocycles. The van der Waals surface area contributed by atoms with Gasteiger partial charge in [-0.15, -0.1) is 0 Å². The van der Waals surface area contributed by atoms with Gasteiger partial charge in [0.05, 0.1) is 31.7 Å². The average molecular weight is 614 g/mol. The number of ketones is 1. The zero-order chi connectivity index (χ0) is 32.8. The Bertz CT molecular complexity index is 1370. The maximum absolute atomic E-state index is 13.1. The van der Waals surface area contributed by atoms with E-state index in [0.29, 0.717) is 0 Å². The largest absolute Gasteiger partial charge is 0.469 e. The standard InChI is InChI=1S/C30H36FN5O8/c1-17(2)26(36-24(38)15-33-29(41)19-10-12-21(31)13-11-19)27(32)34-18(3)28(40)35-22(14-25(39)43-4)23(37)16-44-30(42)20-8-6-5-7-9-20/h5-13,17-18,22,26H,14-16H2,1-4H3,(H2,32,34)(H,33,41)(H,35,40)(H,36,38). The highest BCUT2D eigenvalue weighted by Gasteiger charge is 2.28. The number of nitrogens with one attached hydrogen (secondary N) is 3. The number of carbonyl (C=O) groups is 6. The second kappa shape index (κ2) is 17.1. The van der Waals surface area contributed by atoms with E-state index in [9.17, 15) is 33.2 Å². The number of nitrogens with two attached hydrogens (primary N) is 1. The molecule has 5 N–H and O–H groups in total. The number of amides is 3. The third-order valence-electron chi connectivity index (χ3n) is 6.20. The molecular weight excluding hydrogens is 577 g/mol. The van der Waals surface area contributed by atoms with Crippen molar-refractivity contribution >= 4 is 41.3 Å². The fourth-order valence-electron chi connectivity index (χ4n) is 3.72. The van der Waals surface area contributed by atoms with E-state index < -0.39 is 79.0 Å². The Labute approximate surface area is 253 Å². The van der Waals surface area contributed by atoms with Gasteiger partial charge in [0.2, 0.25) is 11.8 Å². The molecule has 0 heterocycles. The van der Waals surface area contributed by atoms with Crippen LogP contribution in [0.3, 0.4) is 0 Å². The fourth-order valence-corrected chi connectivity index (χ4v) is 3.72. The predicted molar refractivity (Wildman–Crippen MR) is 157 cm³/mol. The van der Waals surface area contributed by atoms with Crippen LogP contribution in [0.2, 0.25) is 0 Å². The van der Waals surface area contributed by atoms with Crippen LogP contribution in [0.15, 0.2) is 59.6 Å². The Morgan fingerprint density at radius 1 is 0.909 bits per heavy atom. The summed E-state index contributed by atoms with van der Waals surface area (Å²) in [5.74, 6) is -5.15. The molecule has 0 fully saturated rings. The Balaban J connectivity index is 2.02. The summed E-state index contributed by atoms with van der Waals surface area (Å²) < 4.78 is 22.7. The van der Waals surface area contributed by atoms with Crippen molar-refractivity contribution in [3.05, 3.63) is 71.5 Å². The Morgan fingerprint density at radius 2 is 1.55 bits per heavy atom. The van der Waals surface area contributed by atoms with Crippen molar-refractivity contribution in [2.75, 3.05) is 20.3 Å². The molecule has 0 saturated carbocycles. The first-order valence-electron chi connectivity index (χ1n) is 13.6. The smallest absolute Gasteiger partial charge is 0.338 e. The van der Waals surface area contributed by atoms with Gasteiger partial charge in [0.25, 0.3) is 5.91 Å². The van der Waals surface area contributed by atoms with Crippen LogP contribution in [0, 0.1) is 11.7 Å². The van der Waals surface area contributed by atoms with E-state index in [1.807, 2.05) is 0 Å². The molecule has 0 aromatic heterocycles. The summed E-state index contributed by atoms with van der Waals surface area (Å²) in [6, 6.07) is 9.36. The molecule has 3 amide bonds. The number of benzene rings is 2. The average Bonchev–Trinajstić information content (AvgIpc) is 3.00. The number of hydrogen-bond donors (Lipinski definition) is 4. The highest BCUT2D eigenvalue weighted by molar-refractivity contribution is 5.99. The molecule has 2 aromatic rings. The van der Waals surface area contributed by atoms with Gasteiger partial charge in [-0.05, 0) is 49.2 Å². The number of amidine groups is 1. The molecule has 0 bridgehead atoms. The van der Waals surface area contributed by atoms with Crippen molar-refractivity contribution in [1.29, 1.82) is 0 Å². The van der Waals surface area contributed by atoms with Crippen molar-refractivity contribution in [3.63, 3.8) is 0 Å². The summed E-state index contributed by atoms with van der Waals surface area (Å²) >= 11 is 0. The number of aliphatic imine (C=N–C) groups is 1. The number of hydrogen-bond acceptors (Lipinski definition) is 9. The molecular formula is C30H36FN5O8. The van der Waals surface area contributed by atoms with Crippen LogP contribution in [-0.4, -0.2) is 79.7 Å². The molecule has 236 valence electrons. The van der Waals surface area contributed by atoms with E-state index in [-0.39, 0.29) is 22.9 Å². The van der Waals surface area contributed by atoms with Gasteiger partial charge < -0.3 is 31.2 Å². The number of esters is 2. The van der Waals surface area contributed by atoms with Gasteiger partial charge in [-0.3, -0.25) is 29.0 Å². The molecule has 44 heavy (non-hydrogen) atoms. The number of Topliss-reactive ketones (excluding diaryl/α,β-unsaturated/α-hetero) is 1. The Morgan fingerprint density at radius 3 is 2.14 bits per heavy atom. The lowest BCUT2D eigenvalue weighted by atomic mass is 10.0. The lowest BCUT2D eigenvalue weighted by Crippen LogP contribution is -2.52. The number of halogens is 1. The summed E-state index contributed by atoms with van der Waals surface area (Å²) in [6.45, 7) is 3.76. The zero-order valence-electron chi connectivity index (χ0n) is 24.8. The minimum absolute atomic E-state index is 0.103. The first kappa shape index (κ1) is 35.1. The van der Waals surface area contributed by atoms with Gasteiger partial charge >= 0.3 is 11.9 Å². The van der Waals surface area contributed by atoms with Crippen LogP contribution in [0.4, 0.5) is 4.39 Å². The quantitative estimate of drug-likeness (QED) is 0.128. The predicted octanol–water partition coefficient (Wildman–Crippen LogP) is 0.916. The van der Waals surface area contributed by atoms with E-state index in [1.54, 1.807) is 32.0 Å². The van der Waals surface area contributed by atoms with E-state index in [0.717, 1.165) is 19.2 Å². The minimum atomic E-state index is -1.39. The number of nitrogens with zero attached hydrogens (tertiary/aromatic N) is 1. The summed E-state index contributed by atoms with van der Waals surface area (Å²) in [5, 5.41) is 7.48. The normalized spacial score (nSPS) is 13.2. The van der Waals surface area contributed by atoms with Gasteiger partial charge in [-0.25, -0.2) is 9.18 Å². The van der Waals surface area contributed by atoms with Crippen molar-refractivity contribution in [1.82, 2.24) is 16.0 Å². The summed E-state index contributed by atoms with van der Waals surface area (Å²) in [5.41, 5.74) is 6.51. The monoisotopic (exact) mass is 613 g/mol. The minimum Gasteiger partial charge on any atom is -0.469 e. The van der Waals surface area contributed by atoms with Gasteiger partial charge in [-0.2, -0.15) is 0 Å². The molecule has 0 radical (unpaired) electrons. The second-order valence-electron chi connectivity index (χ2n) is 9.96. The lowest BCUT2D eigenvalue weighted by Gasteiger charge is -2.23. The van der Waals surface area contributed by atoms with Crippen molar-refractivity contribution in [3.8, 4) is 0 Å². The van der Waals surface area contributed by atoms with E-state index in [1.165, 1.54) is 31.2 Å². The fraction of sp³-hybridized carbons (Fsp3) is 0.367. The van der Waals surface area contributed by atoms with Crippen molar-refractivity contribution < 1.29 is 42.6 Å². The molecule has 0 spiro atoms. The topological polar surface area (TPSA) is 195 Å². The Hall–Kier alpha value is -5.14.